The fourth-order valence-electron chi connectivity index (χ4n) is 1.50. The van der Waals surface area contributed by atoms with Gasteiger partial charge in [-0.1, -0.05) is 13.0 Å². The number of halogens is 3. The monoisotopic (exact) mass is 305 g/mol. The molecule has 0 aliphatic rings. The number of nitrogens with zero attached hydrogens (tertiary/aromatic N) is 1. The number of carbonyl (C=O) groups is 1. The van der Waals surface area contributed by atoms with Crippen LogP contribution in [0.3, 0.4) is 0 Å². The molecule has 0 bridgehead atoms. The molecule has 1 aromatic carbocycles. The van der Waals surface area contributed by atoms with Crippen molar-refractivity contribution in [3.8, 4) is 0 Å². The summed E-state index contributed by atoms with van der Waals surface area (Å²) in [6.07, 6.45) is -4.56. The molecule has 3 N–H and O–H groups in total. The molecule has 0 aliphatic heterocycles. The van der Waals surface area contributed by atoms with Gasteiger partial charge >= 0.3 is 6.18 Å². The predicted molar refractivity (Wildman–Crippen MR) is 69.8 cm³/mol. The average Bonchev–Trinajstić information content (AvgIpc) is 2.37. The van der Waals surface area contributed by atoms with Gasteiger partial charge in [0.25, 0.3) is 11.6 Å². The number of anilines is 1. The third-order valence-electron chi connectivity index (χ3n) is 2.98. The first-order valence-corrected chi connectivity index (χ1v) is 5.95. The first kappa shape index (κ1) is 16.9. The van der Waals surface area contributed by atoms with Crippen molar-refractivity contribution < 1.29 is 22.9 Å². The van der Waals surface area contributed by atoms with Gasteiger partial charge in [-0.2, -0.15) is 13.2 Å². The van der Waals surface area contributed by atoms with Crippen molar-refractivity contribution in [3.05, 3.63) is 33.9 Å². The van der Waals surface area contributed by atoms with E-state index in [1.807, 2.05) is 5.32 Å². The maximum atomic E-state index is 12.6. The number of nitro benzene ring substituents is 1. The summed E-state index contributed by atoms with van der Waals surface area (Å²) in [5.74, 6) is -1.49. The van der Waals surface area contributed by atoms with Crippen molar-refractivity contribution in [2.24, 2.45) is 5.73 Å². The molecule has 1 amide bonds. The van der Waals surface area contributed by atoms with E-state index in [-0.39, 0.29) is 11.4 Å². The Morgan fingerprint density at radius 1 is 1.43 bits per heavy atom. The van der Waals surface area contributed by atoms with Crippen LogP contribution in [0.1, 0.15) is 19.4 Å². The van der Waals surface area contributed by atoms with Crippen molar-refractivity contribution in [1.29, 1.82) is 0 Å². The number of aryl methyl sites for hydroxylation is 1. The highest BCUT2D eigenvalue weighted by atomic mass is 19.4. The number of nitrogens with one attached hydrogen (secondary N) is 1. The molecule has 0 aromatic heterocycles. The fourth-order valence-corrected chi connectivity index (χ4v) is 1.50. The topological polar surface area (TPSA) is 98.3 Å². The maximum Gasteiger partial charge on any atom is 0.415 e. The zero-order valence-electron chi connectivity index (χ0n) is 11.3. The fraction of sp³-hybridized carbons (Fsp3) is 0.417. The number of nitrogens with two attached hydrogens (primary N) is 1. The summed E-state index contributed by atoms with van der Waals surface area (Å²) in [5, 5.41) is 12.8. The molecule has 1 atom stereocenters. The van der Waals surface area contributed by atoms with Crippen LogP contribution in [0.2, 0.25) is 0 Å². The first-order chi connectivity index (χ1) is 9.50. The van der Waals surface area contributed by atoms with Crippen molar-refractivity contribution >= 4 is 17.3 Å². The Balaban J connectivity index is 3.07. The van der Waals surface area contributed by atoms with Crippen LogP contribution in [0.15, 0.2) is 18.2 Å². The van der Waals surface area contributed by atoms with Crippen LogP contribution < -0.4 is 11.1 Å². The molecule has 1 rings (SSSR count). The van der Waals surface area contributed by atoms with E-state index in [1.54, 1.807) is 6.92 Å². The van der Waals surface area contributed by atoms with Crippen LogP contribution in [-0.2, 0) is 11.2 Å². The highest BCUT2D eigenvalue weighted by Gasteiger charge is 2.54. The van der Waals surface area contributed by atoms with Gasteiger partial charge in [0.05, 0.1) is 4.92 Å². The average molecular weight is 305 g/mol. The number of alkyl halides is 3. The molecule has 0 spiro atoms. The predicted octanol–water partition coefficient (Wildman–Crippen LogP) is 2.38. The number of amides is 1. The molecule has 0 saturated carbocycles. The summed E-state index contributed by atoms with van der Waals surface area (Å²) in [7, 11) is 0. The van der Waals surface area contributed by atoms with Gasteiger partial charge in [-0.05, 0) is 19.4 Å². The van der Waals surface area contributed by atoms with Crippen LogP contribution in [0, 0.1) is 10.1 Å². The van der Waals surface area contributed by atoms with E-state index >= 15 is 0 Å². The molecular weight excluding hydrogens is 291 g/mol. The van der Waals surface area contributed by atoms with Gasteiger partial charge in [0, 0.05) is 17.3 Å². The molecule has 0 aliphatic carbocycles. The van der Waals surface area contributed by atoms with Crippen LogP contribution in [0.5, 0.6) is 0 Å². The Hall–Kier alpha value is -2.16. The van der Waals surface area contributed by atoms with E-state index in [0.29, 0.717) is 18.9 Å². The quantitative estimate of drug-likeness (QED) is 0.659. The van der Waals surface area contributed by atoms with E-state index < -0.39 is 22.5 Å². The highest BCUT2D eigenvalue weighted by molar-refractivity contribution is 5.98. The van der Waals surface area contributed by atoms with Gasteiger partial charge in [0.1, 0.15) is 0 Å². The van der Waals surface area contributed by atoms with E-state index in [2.05, 4.69) is 0 Å². The standard InChI is InChI=1S/C12H14F3N3O3/c1-3-7-4-5-8(6-9(7)18(20)21)17-10(19)11(2,16)12(13,14)15/h4-6H,3,16H2,1-2H3,(H,17,19). The molecule has 9 heteroatoms. The molecule has 0 saturated heterocycles. The summed E-state index contributed by atoms with van der Waals surface area (Å²) in [5.41, 5.74) is 1.89. The number of nitro groups is 1. The lowest BCUT2D eigenvalue weighted by molar-refractivity contribution is -0.385. The smallest absolute Gasteiger partial charge is 0.324 e. The number of rotatable bonds is 4. The molecule has 1 unspecified atom stereocenters. The van der Waals surface area contributed by atoms with E-state index in [9.17, 15) is 28.1 Å². The largest absolute Gasteiger partial charge is 0.415 e. The number of benzene rings is 1. The minimum atomic E-state index is -4.94. The second kappa shape index (κ2) is 5.68. The second-order valence-electron chi connectivity index (χ2n) is 4.61. The van der Waals surface area contributed by atoms with Crippen molar-refractivity contribution in [3.63, 3.8) is 0 Å². The molecule has 0 heterocycles. The van der Waals surface area contributed by atoms with Gasteiger partial charge in [-0.15, -0.1) is 0 Å². The molecule has 0 fully saturated rings. The lowest BCUT2D eigenvalue weighted by Gasteiger charge is -2.26. The Bertz CT molecular complexity index is 571. The molecule has 116 valence electrons. The van der Waals surface area contributed by atoms with Crippen molar-refractivity contribution in [2.45, 2.75) is 32.0 Å². The highest BCUT2D eigenvalue weighted by Crippen LogP contribution is 2.30. The van der Waals surface area contributed by atoms with Crippen LogP contribution in [0.25, 0.3) is 0 Å². The van der Waals surface area contributed by atoms with Crippen molar-refractivity contribution in [1.82, 2.24) is 0 Å². The van der Waals surface area contributed by atoms with E-state index in [4.69, 9.17) is 5.73 Å². The molecule has 21 heavy (non-hydrogen) atoms. The summed E-state index contributed by atoms with van der Waals surface area (Å²) < 4.78 is 37.9. The van der Waals surface area contributed by atoms with E-state index in [0.717, 1.165) is 6.07 Å². The lowest BCUT2D eigenvalue weighted by Crippen LogP contribution is -2.59. The van der Waals surface area contributed by atoms with Gasteiger partial charge < -0.3 is 11.1 Å². The minimum Gasteiger partial charge on any atom is -0.324 e. The third kappa shape index (κ3) is 3.48. The molecule has 1 aromatic rings. The Kier molecular flexibility index (Phi) is 4.57. The van der Waals surface area contributed by atoms with Crippen LogP contribution in [-0.4, -0.2) is 22.5 Å². The zero-order valence-corrected chi connectivity index (χ0v) is 11.3. The van der Waals surface area contributed by atoms with Crippen LogP contribution >= 0.6 is 0 Å². The Morgan fingerprint density at radius 3 is 2.43 bits per heavy atom. The first-order valence-electron chi connectivity index (χ1n) is 5.95. The molecule has 6 nitrogen and oxygen atoms in total. The number of hydrogen-bond donors (Lipinski definition) is 2. The third-order valence-corrected chi connectivity index (χ3v) is 2.98. The Labute approximate surface area is 118 Å². The second-order valence-corrected chi connectivity index (χ2v) is 4.61. The maximum absolute atomic E-state index is 12.6. The van der Waals surface area contributed by atoms with Crippen LogP contribution in [0.4, 0.5) is 24.5 Å². The van der Waals surface area contributed by atoms with E-state index in [1.165, 1.54) is 12.1 Å². The zero-order chi connectivity index (χ0) is 16.4. The normalized spacial score (nSPS) is 14.4. The van der Waals surface area contributed by atoms with Gasteiger partial charge in [0.2, 0.25) is 0 Å². The number of carbonyl (C=O) groups excluding carboxylic acids is 1. The van der Waals surface area contributed by atoms with Gasteiger partial charge in [-0.3, -0.25) is 14.9 Å². The summed E-state index contributed by atoms with van der Waals surface area (Å²) in [6.45, 7) is 2.22. The number of hydrogen-bond acceptors (Lipinski definition) is 4. The SMILES string of the molecule is CCc1ccc(NC(=O)C(C)(N)C(F)(F)F)cc1[N+](=O)[O-]. The lowest BCUT2D eigenvalue weighted by atomic mass is 10.0. The van der Waals surface area contributed by atoms with Crippen molar-refractivity contribution in [2.75, 3.05) is 5.32 Å². The van der Waals surface area contributed by atoms with Gasteiger partial charge in [-0.25, -0.2) is 0 Å². The minimum absolute atomic E-state index is 0.121. The molecule has 0 radical (unpaired) electrons. The summed E-state index contributed by atoms with van der Waals surface area (Å²) >= 11 is 0. The Morgan fingerprint density at radius 2 is 2.00 bits per heavy atom. The van der Waals surface area contributed by atoms with Gasteiger partial charge in [0.15, 0.2) is 5.54 Å². The molecular formula is C12H14F3N3O3. The summed E-state index contributed by atoms with van der Waals surface area (Å²) in [6, 6.07) is 3.66. The summed E-state index contributed by atoms with van der Waals surface area (Å²) in [4.78, 5) is 21.8.